The molecular weight excluding hydrogens is 268 g/mol. The van der Waals surface area contributed by atoms with Gasteiger partial charge in [-0.25, -0.2) is 0 Å². The van der Waals surface area contributed by atoms with Crippen molar-refractivity contribution in [2.24, 2.45) is 5.92 Å². The quantitative estimate of drug-likeness (QED) is 0.826. The maximum absolute atomic E-state index is 10.4. The molecule has 0 spiro atoms. The summed E-state index contributed by atoms with van der Waals surface area (Å²) in [5.74, 6) is 0.365. The largest absolute Gasteiger partial charge is 0.393 e. The van der Waals surface area contributed by atoms with Gasteiger partial charge in [0.2, 0.25) is 0 Å². The summed E-state index contributed by atoms with van der Waals surface area (Å²) in [4.78, 5) is 0. The molecule has 1 nitrogen and oxygen atoms in total. The van der Waals surface area contributed by atoms with Crippen molar-refractivity contribution >= 4 is 0 Å². The average molecular weight is 294 g/mol. The molecule has 0 bridgehead atoms. The first-order valence-corrected chi connectivity index (χ1v) is 8.43. The summed E-state index contributed by atoms with van der Waals surface area (Å²) in [5, 5.41) is 10.4. The van der Waals surface area contributed by atoms with Crippen molar-refractivity contribution in [2.45, 2.75) is 51.0 Å². The molecular formula is C21H26O. The van der Waals surface area contributed by atoms with E-state index in [4.69, 9.17) is 0 Å². The highest BCUT2D eigenvalue weighted by molar-refractivity contribution is 5.63. The molecule has 0 amide bonds. The summed E-state index contributed by atoms with van der Waals surface area (Å²) in [7, 11) is 0. The van der Waals surface area contributed by atoms with E-state index in [9.17, 15) is 5.11 Å². The Balaban J connectivity index is 1.85. The van der Waals surface area contributed by atoms with Gasteiger partial charge >= 0.3 is 0 Å². The Bertz CT molecular complexity index is 598. The molecule has 2 aromatic rings. The highest BCUT2D eigenvalue weighted by atomic mass is 16.3. The number of hydrogen-bond acceptors (Lipinski definition) is 1. The Labute approximate surface area is 134 Å². The SMILES string of the molecule is CC(C)(c1ccc(-c2ccccc2)cc1)[C@H]1CCCC[C@@H]1O. The average Bonchev–Trinajstić information content (AvgIpc) is 2.56. The van der Waals surface area contributed by atoms with Crippen molar-refractivity contribution in [1.82, 2.24) is 0 Å². The van der Waals surface area contributed by atoms with E-state index in [0.29, 0.717) is 5.92 Å². The van der Waals surface area contributed by atoms with Crippen molar-refractivity contribution in [3.05, 3.63) is 60.2 Å². The molecule has 116 valence electrons. The van der Waals surface area contributed by atoms with Gasteiger partial charge in [0.05, 0.1) is 6.10 Å². The third-order valence-electron chi connectivity index (χ3n) is 5.39. The second-order valence-corrected chi connectivity index (χ2v) is 7.12. The second kappa shape index (κ2) is 6.26. The van der Waals surface area contributed by atoms with Crippen LogP contribution in [0.1, 0.15) is 45.1 Å². The Morgan fingerprint density at radius 1 is 0.818 bits per heavy atom. The zero-order valence-electron chi connectivity index (χ0n) is 13.6. The molecule has 3 rings (SSSR count). The molecule has 0 aliphatic heterocycles. The molecule has 1 aliphatic carbocycles. The van der Waals surface area contributed by atoms with Crippen LogP contribution in [0.3, 0.4) is 0 Å². The Morgan fingerprint density at radius 2 is 1.41 bits per heavy atom. The predicted molar refractivity (Wildman–Crippen MR) is 92.9 cm³/mol. The number of rotatable bonds is 3. The lowest BCUT2D eigenvalue weighted by Gasteiger charge is -2.40. The van der Waals surface area contributed by atoms with Crippen LogP contribution in [-0.2, 0) is 5.41 Å². The molecule has 1 aliphatic rings. The highest BCUT2D eigenvalue weighted by Gasteiger charge is 2.37. The minimum Gasteiger partial charge on any atom is -0.393 e. The van der Waals surface area contributed by atoms with Gasteiger partial charge in [-0.2, -0.15) is 0 Å². The van der Waals surface area contributed by atoms with Gasteiger partial charge in [0, 0.05) is 0 Å². The number of aliphatic hydroxyl groups is 1. The number of aliphatic hydroxyl groups excluding tert-OH is 1. The Kier molecular flexibility index (Phi) is 4.35. The van der Waals surface area contributed by atoms with E-state index in [-0.39, 0.29) is 11.5 Å². The standard InChI is InChI=1S/C21H26O/c1-21(2,19-10-6-7-11-20(19)22)18-14-12-17(13-15-18)16-8-4-3-5-9-16/h3-5,8-9,12-15,19-20,22H,6-7,10-11H2,1-2H3/t19-,20-/m0/s1. The maximum Gasteiger partial charge on any atom is 0.0576 e. The minimum absolute atomic E-state index is 0.0229. The van der Waals surface area contributed by atoms with E-state index in [1.807, 2.05) is 6.07 Å². The lowest BCUT2D eigenvalue weighted by Crippen LogP contribution is -2.39. The second-order valence-electron chi connectivity index (χ2n) is 7.12. The normalized spacial score (nSPS) is 22.5. The van der Waals surface area contributed by atoms with Crippen LogP contribution in [0.15, 0.2) is 54.6 Å². The zero-order chi connectivity index (χ0) is 15.6. The summed E-state index contributed by atoms with van der Waals surface area (Å²) in [5.41, 5.74) is 3.86. The van der Waals surface area contributed by atoms with Crippen LogP contribution in [0.2, 0.25) is 0 Å². The third-order valence-corrected chi connectivity index (χ3v) is 5.39. The molecule has 1 heteroatoms. The molecule has 0 radical (unpaired) electrons. The van der Waals surface area contributed by atoms with E-state index < -0.39 is 0 Å². The Morgan fingerprint density at radius 3 is 2.05 bits per heavy atom. The van der Waals surface area contributed by atoms with Crippen molar-refractivity contribution in [2.75, 3.05) is 0 Å². The molecule has 0 unspecified atom stereocenters. The highest BCUT2D eigenvalue weighted by Crippen LogP contribution is 2.41. The van der Waals surface area contributed by atoms with Crippen molar-refractivity contribution < 1.29 is 5.11 Å². The van der Waals surface area contributed by atoms with Gasteiger partial charge in [-0.1, -0.05) is 81.3 Å². The van der Waals surface area contributed by atoms with Crippen LogP contribution in [0.4, 0.5) is 0 Å². The summed E-state index contributed by atoms with van der Waals surface area (Å²) < 4.78 is 0. The number of benzene rings is 2. The Hall–Kier alpha value is -1.60. The summed E-state index contributed by atoms with van der Waals surface area (Å²) in [6.45, 7) is 4.56. The van der Waals surface area contributed by atoms with Gasteiger partial charge in [-0.15, -0.1) is 0 Å². The molecule has 0 heterocycles. The van der Waals surface area contributed by atoms with E-state index in [1.54, 1.807) is 0 Å². The first-order valence-electron chi connectivity index (χ1n) is 8.43. The minimum atomic E-state index is -0.155. The fraction of sp³-hybridized carbons (Fsp3) is 0.429. The van der Waals surface area contributed by atoms with Crippen LogP contribution in [0.25, 0.3) is 11.1 Å². The third kappa shape index (κ3) is 2.96. The maximum atomic E-state index is 10.4. The first-order chi connectivity index (χ1) is 10.6. The van der Waals surface area contributed by atoms with E-state index in [2.05, 4.69) is 62.4 Å². The summed E-state index contributed by atoms with van der Waals surface area (Å²) >= 11 is 0. The van der Waals surface area contributed by atoms with Gasteiger partial charge in [-0.05, 0) is 40.9 Å². The van der Waals surface area contributed by atoms with Gasteiger partial charge in [0.15, 0.2) is 0 Å². The van der Waals surface area contributed by atoms with Gasteiger partial charge < -0.3 is 5.11 Å². The molecule has 1 fully saturated rings. The van der Waals surface area contributed by atoms with E-state index in [1.165, 1.54) is 29.5 Å². The monoisotopic (exact) mass is 294 g/mol. The molecule has 2 atom stereocenters. The van der Waals surface area contributed by atoms with Crippen LogP contribution >= 0.6 is 0 Å². The smallest absolute Gasteiger partial charge is 0.0576 e. The predicted octanol–water partition coefficient (Wildman–Crippen LogP) is 5.18. The van der Waals surface area contributed by atoms with Crippen molar-refractivity contribution in [1.29, 1.82) is 0 Å². The van der Waals surface area contributed by atoms with Crippen LogP contribution in [0.5, 0.6) is 0 Å². The molecule has 2 aromatic carbocycles. The fourth-order valence-corrected chi connectivity index (χ4v) is 3.89. The van der Waals surface area contributed by atoms with Crippen LogP contribution in [-0.4, -0.2) is 11.2 Å². The van der Waals surface area contributed by atoms with Crippen LogP contribution < -0.4 is 0 Å². The van der Waals surface area contributed by atoms with Gasteiger partial charge in [-0.3, -0.25) is 0 Å². The van der Waals surface area contributed by atoms with Gasteiger partial charge in [0.25, 0.3) is 0 Å². The zero-order valence-corrected chi connectivity index (χ0v) is 13.6. The fourth-order valence-electron chi connectivity index (χ4n) is 3.89. The molecule has 22 heavy (non-hydrogen) atoms. The first kappa shape index (κ1) is 15.3. The van der Waals surface area contributed by atoms with Crippen LogP contribution in [0, 0.1) is 5.92 Å². The van der Waals surface area contributed by atoms with Crippen molar-refractivity contribution in [3.8, 4) is 11.1 Å². The van der Waals surface area contributed by atoms with Crippen molar-refractivity contribution in [3.63, 3.8) is 0 Å². The topological polar surface area (TPSA) is 20.2 Å². The lowest BCUT2D eigenvalue weighted by molar-refractivity contribution is 0.0322. The van der Waals surface area contributed by atoms with E-state index in [0.717, 1.165) is 12.8 Å². The molecule has 0 aromatic heterocycles. The number of hydrogen-bond donors (Lipinski definition) is 1. The molecule has 1 N–H and O–H groups in total. The van der Waals surface area contributed by atoms with Gasteiger partial charge in [0.1, 0.15) is 0 Å². The summed E-state index contributed by atoms with van der Waals surface area (Å²) in [6, 6.07) is 19.4. The lowest BCUT2D eigenvalue weighted by atomic mass is 9.66. The molecule has 0 saturated heterocycles. The van der Waals surface area contributed by atoms with E-state index >= 15 is 0 Å². The summed E-state index contributed by atoms with van der Waals surface area (Å²) in [6.07, 6.45) is 4.34. The molecule has 1 saturated carbocycles.